The van der Waals surface area contributed by atoms with E-state index in [0.717, 1.165) is 40.8 Å². The van der Waals surface area contributed by atoms with Crippen molar-refractivity contribution in [1.82, 2.24) is 19.6 Å². The van der Waals surface area contributed by atoms with Crippen LogP contribution < -0.4 is 4.90 Å². The summed E-state index contributed by atoms with van der Waals surface area (Å²) in [5.74, 6) is 7.70. The minimum Gasteiger partial charge on any atom is -0.378 e. The van der Waals surface area contributed by atoms with Gasteiger partial charge in [0, 0.05) is 28.7 Å². The van der Waals surface area contributed by atoms with Gasteiger partial charge in [0.1, 0.15) is 17.7 Å². The van der Waals surface area contributed by atoms with E-state index >= 15 is 0 Å². The van der Waals surface area contributed by atoms with Crippen LogP contribution in [0.5, 0.6) is 0 Å². The van der Waals surface area contributed by atoms with Gasteiger partial charge in [-0.1, -0.05) is 29.5 Å². The van der Waals surface area contributed by atoms with Crippen molar-refractivity contribution < 1.29 is 5.11 Å². The molecule has 0 radical (unpaired) electrons. The molecule has 1 aliphatic rings. The van der Waals surface area contributed by atoms with Gasteiger partial charge >= 0.3 is 0 Å². The first kappa shape index (κ1) is 18.9. The van der Waals surface area contributed by atoms with Gasteiger partial charge in [0.2, 0.25) is 0 Å². The largest absolute Gasteiger partial charge is 0.378 e. The first-order chi connectivity index (χ1) is 14.4. The predicted octanol–water partition coefficient (Wildman–Crippen LogP) is 4.21. The zero-order valence-corrected chi connectivity index (χ0v) is 17.4. The highest BCUT2D eigenvalue weighted by Crippen LogP contribution is 2.39. The summed E-state index contributed by atoms with van der Waals surface area (Å²) in [5, 5.41) is 20.1. The summed E-state index contributed by atoms with van der Waals surface area (Å²) in [4.78, 5) is 6.71. The Balaban J connectivity index is 1.57. The Bertz CT molecular complexity index is 1330. The Kier molecular flexibility index (Phi) is 4.39. The van der Waals surface area contributed by atoms with Crippen molar-refractivity contribution in [1.29, 1.82) is 0 Å². The molecule has 6 nitrogen and oxygen atoms in total. The highest BCUT2D eigenvalue weighted by Gasteiger charge is 2.38. The maximum atomic E-state index is 10.5. The molecule has 1 atom stereocenters. The first-order valence-electron chi connectivity index (χ1n) is 9.81. The molecule has 0 aliphatic heterocycles. The van der Waals surface area contributed by atoms with Gasteiger partial charge in [0.15, 0.2) is 0 Å². The van der Waals surface area contributed by atoms with Crippen molar-refractivity contribution in [3.8, 4) is 11.8 Å². The molecule has 150 valence electrons. The Labute approximate surface area is 179 Å². The number of aliphatic hydroxyl groups is 1. The topological polar surface area (TPSA) is 66.5 Å². The van der Waals surface area contributed by atoms with E-state index in [1.165, 1.54) is 0 Å². The average molecular weight is 418 g/mol. The molecule has 0 bridgehead atoms. The Morgan fingerprint density at radius 2 is 2.07 bits per heavy atom. The summed E-state index contributed by atoms with van der Waals surface area (Å²) >= 11 is 6.23. The Morgan fingerprint density at radius 1 is 1.23 bits per heavy atom. The molecule has 2 aromatic carbocycles. The van der Waals surface area contributed by atoms with Crippen molar-refractivity contribution >= 4 is 39.8 Å². The minimum absolute atomic E-state index is 0.285. The third-order valence-electron chi connectivity index (χ3n) is 5.58. The van der Waals surface area contributed by atoms with Crippen LogP contribution in [0.1, 0.15) is 25.3 Å². The second-order valence-corrected chi connectivity index (χ2v) is 8.32. The summed E-state index contributed by atoms with van der Waals surface area (Å²) in [6.07, 6.45) is 3.71. The van der Waals surface area contributed by atoms with Crippen molar-refractivity contribution in [2.45, 2.75) is 25.4 Å². The van der Waals surface area contributed by atoms with Crippen LogP contribution >= 0.6 is 11.6 Å². The molecule has 1 N–H and O–H groups in total. The van der Waals surface area contributed by atoms with E-state index < -0.39 is 5.60 Å². The van der Waals surface area contributed by atoms with E-state index in [-0.39, 0.29) is 5.92 Å². The predicted molar refractivity (Wildman–Crippen MR) is 118 cm³/mol. The van der Waals surface area contributed by atoms with E-state index in [9.17, 15) is 5.11 Å². The summed E-state index contributed by atoms with van der Waals surface area (Å²) in [7, 11) is 1.95. The lowest BCUT2D eigenvalue weighted by Gasteiger charge is -2.21. The second-order valence-electron chi connectivity index (χ2n) is 7.88. The average Bonchev–Trinajstić information content (AvgIpc) is 3.50. The number of fused-ring (bicyclic) bond motifs is 3. The molecule has 1 saturated carbocycles. The fourth-order valence-electron chi connectivity index (χ4n) is 3.64. The number of hydrogen-bond acceptors (Lipinski definition) is 5. The Hall–Kier alpha value is -3.14. The molecule has 0 saturated heterocycles. The van der Waals surface area contributed by atoms with Crippen LogP contribution in [0.2, 0.25) is 5.02 Å². The molecule has 1 unspecified atom stereocenters. The molecule has 2 aromatic heterocycles. The van der Waals surface area contributed by atoms with Crippen LogP contribution in [0.25, 0.3) is 16.7 Å². The van der Waals surface area contributed by atoms with Gasteiger partial charge < -0.3 is 10.0 Å². The van der Waals surface area contributed by atoms with Crippen LogP contribution in [-0.2, 0) is 0 Å². The molecule has 1 aliphatic carbocycles. The lowest BCUT2D eigenvalue weighted by molar-refractivity contribution is 0.0980. The lowest BCUT2D eigenvalue weighted by atomic mass is 10.0. The minimum atomic E-state index is -0.933. The third-order valence-corrected chi connectivity index (χ3v) is 5.81. The summed E-state index contributed by atoms with van der Waals surface area (Å²) in [6, 6.07) is 13.6. The number of aromatic nitrogens is 4. The first-order valence-corrected chi connectivity index (χ1v) is 10.2. The standard InChI is InChI=1S/C23H20ClN5O/c1-23(30,16-6-7-16)11-10-15-4-3-5-18(12-15)28(2)21-19-9-8-17(24)13-20(19)29-14-25-27-22(29)26-21/h3-5,8-9,12-14,16,30H,6-7H2,1-2H3. The van der Waals surface area contributed by atoms with Gasteiger partial charge in [-0.2, -0.15) is 4.98 Å². The molecule has 5 rings (SSSR count). The number of anilines is 2. The number of nitrogens with zero attached hydrogens (tertiary/aromatic N) is 5. The maximum Gasteiger partial charge on any atom is 0.257 e. The molecular formula is C23H20ClN5O. The fraction of sp³-hybridized carbons (Fsp3) is 0.261. The zero-order chi connectivity index (χ0) is 20.9. The fourth-order valence-corrected chi connectivity index (χ4v) is 3.81. The second kappa shape index (κ2) is 6.98. The van der Waals surface area contributed by atoms with E-state index in [1.807, 2.05) is 58.8 Å². The highest BCUT2D eigenvalue weighted by molar-refractivity contribution is 6.31. The van der Waals surface area contributed by atoms with Gasteiger partial charge in [0.25, 0.3) is 5.78 Å². The molecule has 30 heavy (non-hydrogen) atoms. The van der Waals surface area contributed by atoms with Crippen LogP contribution in [0.4, 0.5) is 11.5 Å². The van der Waals surface area contributed by atoms with Gasteiger partial charge in [-0.3, -0.25) is 4.40 Å². The molecule has 1 fully saturated rings. The quantitative estimate of drug-likeness (QED) is 0.506. The third kappa shape index (κ3) is 3.36. The summed E-state index contributed by atoms with van der Waals surface area (Å²) in [5.41, 5.74) is 1.73. The van der Waals surface area contributed by atoms with Crippen molar-refractivity contribution in [2.24, 2.45) is 5.92 Å². The van der Waals surface area contributed by atoms with Crippen LogP contribution in [0, 0.1) is 17.8 Å². The molecule has 2 heterocycles. The molecular weight excluding hydrogens is 398 g/mol. The molecule has 0 spiro atoms. The van der Waals surface area contributed by atoms with Crippen molar-refractivity contribution in [3.05, 3.63) is 59.4 Å². The van der Waals surface area contributed by atoms with E-state index in [2.05, 4.69) is 22.0 Å². The zero-order valence-electron chi connectivity index (χ0n) is 16.7. The van der Waals surface area contributed by atoms with Gasteiger partial charge in [0.05, 0.1) is 5.52 Å². The van der Waals surface area contributed by atoms with Crippen LogP contribution in [0.3, 0.4) is 0 Å². The van der Waals surface area contributed by atoms with Gasteiger partial charge in [-0.25, -0.2) is 0 Å². The highest BCUT2D eigenvalue weighted by atomic mass is 35.5. The molecule has 0 amide bonds. The van der Waals surface area contributed by atoms with E-state index in [4.69, 9.17) is 16.6 Å². The SMILES string of the molecule is CN(c1cccc(C#CC(C)(O)C2CC2)c1)c1nc2nncn2c2cc(Cl)ccc12. The van der Waals surface area contributed by atoms with Crippen LogP contribution in [-0.4, -0.2) is 37.3 Å². The smallest absolute Gasteiger partial charge is 0.257 e. The van der Waals surface area contributed by atoms with Gasteiger partial charge in [-0.05, 0) is 62.1 Å². The monoisotopic (exact) mass is 417 g/mol. The molecule has 4 aromatic rings. The number of rotatable bonds is 3. The van der Waals surface area contributed by atoms with Crippen molar-refractivity contribution in [3.63, 3.8) is 0 Å². The maximum absolute atomic E-state index is 10.5. The van der Waals surface area contributed by atoms with E-state index in [0.29, 0.717) is 10.8 Å². The number of benzene rings is 2. The lowest BCUT2D eigenvalue weighted by Crippen LogP contribution is -2.24. The van der Waals surface area contributed by atoms with Crippen molar-refractivity contribution in [2.75, 3.05) is 11.9 Å². The summed E-state index contributed by atoms with van der Waals surface area (Å²) < 4.78 is 1.82. The summed E-state index contributed by atoms with van der Waals surface area (Å²) in [6.45, 7) is 1.79. The van der Waals surface area contributed by atoms with Gasteiger partial charge in [-0.15, -0.1) is 10.2 Å². The normalized spacial score (nSPS) is 15.6. The number of hydrogen-bond donors (Lipinski definition) is 1. The Morgan fingerprint density at radius 3 is 2.87 bits per heavy atom. The van der Waals surface area contributed by atoms with E-state index in [1.54, 1.807) is 13.3 Å². The molecule has 7 heteroatoms. The number of halogens is 1. The van der Waals surface area contributed by atoms with Crippen LogP contribution in [0.15, 0.2) is 48.8 Å².